The van der Waals surface area contributed by atoms with E-state index >= 15 is 0 Å². The number of nitrogens with zero attached hydrogens (tertiary/aromatic N) is 1. The minimum absolute atomic E-state index is 0.124. The largest absolute Gasteiger partial charge is 0.497 e. The van der Waals surface area contributed by atoms with E-state index in [-0.39, 0.29) is 11.9 Å². The molecule has 1 aliphatic heterocycles. The fourth-order valence-corrected chi connectivity index (χ4v) is 2.24. The molecule has 0 N–H and O–H groups in total. The molecule has 1 aromatic carbocycles. The topological polar surface area (TPSA) is 55.8 Å². The smallest absolute Gasteiger partial charge is 0.417 e. The lowest BCUT2D eigenvalue weighted by Crippen LogP contribution is -2.57. The molecule has 5 heteroatoms. The van der Waals surface area contributed by atoms with Crippen LogP contribution in [-0.2, 0) is 16.0 Å². The Morgan fingerprint density at radius 3 is 2.38 bits per heavy atom. The Kier molecular flexibility index (Phi) is 4.21. The van der Waals surface area contributed by atoms with E-state index in [1.54, 1.807) is 27.9 Å². The molecular formula is C16H21NO4. The van der Waals surface area contributed by atoms with Crippen LogP contribution >= 0.6 is 0 Å². The summed E-state index contributed by atoms with van der Waals surface area (Å²) in [6.07, 6.45) is 0.456. The average Bonchev–Trinajstić information content (AvgIpc) is 2.36. The van der Waals surface area contributed by atoms with Crippen molar-refractivity contribution < 1.29 is 19.1 Å². The number of methoxy groups -OCH3 is 1. The molecule has 5 nitrogen and oxygen atoms in total. The summed E-state index contributed by atoms with van der Waals surface area (Å²) >= 11 is 0. The maximum Gasteiger partial charge on any atom is 0.417 e. The van der Waals surface area contributed by atoms with E-state index in [9.17, 15) is 9.59 Å². The summed E-state index contributed by atoms with van der Waals surface area (Å²) in [6, 6.07) is 7.49. The lowest BCUT2D eigenvalue weighted by atomic mass is 9.95. The van der Waals surface area contributed by atoms with E-state index < -0.39 is 11.7 Å². The summed E-state index contributed by atoms with van der Waals surface area (Å²) in [5, 5.41) is 0. The van der Waals surface area contributed by atoms with Gasteiger partial charge in [0.15, 0.2) is 0 Å². The first kappa shape index (κ1) is 15.4. The van der Waals surface area contributed by atoms with Gasteiger partial charge < -0.3 is 9.47 Å². The number of β-lactam (4-membered cyclic amide) rings is 1. The zero-order valence-corrected chi connectivity index (χ0v) is 12.9. The molecule has 0 aromatic heterocycles. The number of benzene rings is 1. The molecule has 114 valence electrons. The quantitative estimate of drug-likeness (QED) is 0.804. The number of carbonyl (C=O) groups excluding carboxylic acids is 2. The summed E-state index contributed by atoms with van der Waals surface area (Å²) in [6.45, 7) is 5.36. The van der Waals surface area contributed by atoms with E-state index in [0.717, 1.165) is 11.3 Å². The number of hydrogen-bond donors (Lipinski definition) is 0. The van der Waals surface area contributed by atoms with E-state index in [1.165, 1.54) is 4.90 Å². The normalized spacial score (nSPS) is 18.2. The fourth-order valence-electron chi connectivity index (χ4n) is 2.24. The van der Waals surface area contributed by atoms with Gasteiger partial charge in [-0.05, 0) is 44.9 Å². The molecular weight excluding hydrogens is 270 g/mol. The molecule has 1 atom stereocenters. The third-order valence-corrected chi connectivity index (χ3v) is 3.26. The molecule has 1 heterocycles. The summed E-state index contributed by atoms with van der Waals surface area (Å²) < 4.78 is 10.4. The van der Waals surface area contributed by atoms with Crippen molar-refractivity contribution >= 4 is 12.0 Å². The second kappa shape index (κ2) is 5.76. The first-order valence-corrected chi connectivity index (χ1v) is 6.98. The average molecular weight is 291 g/mol. The standard InChI is InChI=1S/C16H21NO4/c1-16(2,3)21-15(19)17-12(10-14(17)18)9-11-5-7-13(20-4)8-6-11/h5-8,12H,9-10H2,1-4H3/t12-/m1/s1. The van der Waals surface area contributed by atoms with Crippen molar-refractivity contribution in [2.24, 2.45) is 0 Å². The van der Waals surface area contributed by atoms with Crippen LogP contribution in [0.3, 0.4) is 0 Å². The van der Waals surface area contributed by atoms with E-state index in [0.29, 0.717) is 12.8 Å². The summed E-state index contributed by atoms with van der Waals surface area (Å²) in [7, 11) is 1.61. The molecule has 0 radical (unpaired) electrons. The first-order valence-electron chi connectivity index (χ1n) is 6.98. The molecule has 1 saturated heterocycles. The van der Waals surface area contributed by atoms with Crippen molar-refractivity contribution in [3.8, 4) is 5.75 Å². The van der Waals surface area contributed by atoms with Gasteiger partial charge >= 0.3 is 6.09 Å². The van der Waals surface area contributed by atoms with Gasteiger partial charge in [-0.2, -0.15) is 0 Å². The highest BCUT2D eigenvalue weighted by atomic mass is 16.6. The van der Waals surface area contributed by atoms with E-state index in [2.05, 4.69) is 0 Å². The number of likely N-dealkylation sites (tertiary alicyclic amines) is 1. The van der Waals surface area contributed by atoms with Crippen molar-refractivity contribution in [3.05, 3.63) is 29.8 Å². The third kappa shape index (κ3) is 3.74. The number of hydrogen-bond acceptors (Lipinski definition) is 4. The zero-order valence-electron chi connectivity index (χ0n) is 12.9. The maximum absolute atomic E-state index is 12.0. The van der Waals surface area contributed by atoms with Crippen LogP contribution in [0.1, 0.15) is 32.8 Å². The van der Waals surface area contributed by atoms with Crippen molar-refractivity contribution in [2.45, 2.75) is 45.3 Å². The minimum atomic E-state index is -0.600. The highest BCUT2D eigenvalue weighted by Crippen LogP contribution is 2.26. The third-order valence-electron chi connectivity index (χ3n) is 3.26. The Balaban J connectivity index is 2.00. The molecule has 1 aromatic rings. The van der Waals surface area contributed by atoms with Gasteiger partial charge in [0.2, 0.25) is 5.91 Å². The number of rotatable bonds is 3. The molecule has 0 unspecified atom stereocenters. The fraction of sp³-hybridized carbons (Fsp3) is 0.500. The minimum Gasteiger partial charge on any atom is -0.497 e. The summed E-state index contributed by atoms with van der Waals surface area (Å²) in [5.74, 6) is 0.607. The van der Waals surface area contributed by atoms with Crippen molar-refractivity contribution in [3.63, 3.8) is 0 Å². The molecule has 21 heavy (non-hydrogen) atoms. The number of imide groups is 1. The second-order valence-corrected chi connectivity index (χ2v) is 6.15. The highest BCUT2D eigenvalue weighted by Gasteiger charge is 2.42. The first-order chi connectivity index (χ1) is 9.80. The van der Waals surface area contributed by atoms with Crippen molar-refractivity contribution in [2.75, 3.05) is 7.11 Å². The lowest BCUT2D eigenvalue weighted by molar-refractivity contribution is -0.143. The molecule has 0 aliphatic carbocycles. The van der Waals surface area contributed by atoms with Gasteiger partial charge in [-0.3, -0.25) is 4.79 Å². The lowest BCUT2D eigenvalue weighted by Gasteiger charge is -2.39. The van der Waals surface area contributed by atoms with Gasteiger partial charge in [0.05, 0.1) is 13.2 Å². The van der Waals surface area contributed by atoms with Gasteiger partial charge in [0, 0.05) is 6.42 Å². The van der Waals surface area contributed by atoms with Crippen LogP contribution in [0.15, 0.2) is 24.3 Å². The Labute approximate surface area is 124 Å². The predicted molar refractivity (Wildman–Crippen MR) is 78.2 cm³/mol. The van der Waals surface area contributed by atoms with Crippen LogP contribution in [0, 0.1) is 0 Å². The second-order valence-electron chi connectivity index (χ2n) is 6.15. The molecule has 1 fully saturated rings. The predicted octanol–water partition coefficient (Wildman–Crippen LogP) is 2.77. The van der Waals surface area contributed by atoms with Gasteiger partial charge in [-0.25, -0.2) is 9.69 Å². The SMILES string of the molecule is COc1ccc(C[C@@H]2CC(=O)N2C(=O)OC(C)(C)C)cc1. The molecule has 0 bridgehead atoms. The number of ether oxygens (including phenoxy) is 2. The molecule has 0 saturated carbocycles. The summed E-state index contributed by atoms with van der Waals surface area (Å²) in [5.41, 5.74) is 0.458. The van der Waals surface area contributed by atoms with Crippen LogP contribution in [0.5, 0.6) is 5.75 Å². The van der Waals surface area contributed by atoms with Crippen LogP contribution in [0.4, 0.5) is 4.79 Å². The Morgan fingerprint density at radius 1 is 1.29 bits per heavy atom. The summed E-state index contributed by atoms with van der Waals surface area (Å²) in [4.78, 5) is 24.9. The maximum atomic E-state index is 12.0. The Bertz CT molecular complexity index is 530. The van der Waals surface area contributed by atoms with Crippen LogP contribution in [0.2, 0.25) is 0 Å². The monoisotopic (exact) mass is 291 g/mol. The molecule has 1 aliphatic rings. The zero-order chi connectivity index (χ0) is 15.6. The van der Waals surface area contributed by atoms with Gasteiger partial charge in [-0.15, -0.1) is 0 Å². The van der Waals surface area contributed by atoms with Crippen LogP contribution in [-0.4, -0.2) is 35.7 Å². The van der Waals surface area contributed by atoms with Gasteiger partial charge in [-0.1, -0.05) is 12.1 Å². The number of amides is 2. The van der Waals surface area contributed by atoms with Gasteiger partial charge in [0.25, 0.3) is 0 Å². The Hall–Kier alpha value is -2.04. The van der Waals surface area contributed by atoms with Gasteiger partial charge in [0.1, 0.15) is 11.4 Å². The van der Waals surface area contributed by atoms with E-state index in [4.69, 9.17) is 9.47 Å². The molecule has 2 rings (SSSR count). The van der Waals surface area contributed by atoms with Crippen LogP contribution < -0.4 is 4.74 Å². The Morgan fingerprint density at radius 2 is 1.90 bits per heavy atom. The van der Waals surface area contributed by atoms with Crippen LogP contribution in [0.25, 0.3) is 0 Å². The molecule has 2 amide bonds. The molecule has 0 spiro atoms. The highest BCUT2D eigenvalue weighted by molar-refractivity contribution is 5.97. The number of carbonyl (C=O) groups is 2. The van der Waals surface area contributed by atoms with Crippen molar-refractivity contribution in [1.29, 1.82) is 0 Å². The van der Waals surface area contributed by atoms with E-state index in [1.807, 2.05) is 24.3 Å². The van der Waals surface area contributed by atoms with Crippen molar-refractivity contribution in [1.82, 2.24) is 4.90 Å².